The highest BCUT2D eigenvalue weighted by Crippen LogP contribution is 2.22. The first-order chi connectivity index (χ1) is 10.9. The Morgan fingerprint density at radius 2 is 2.13 bits per heavy atom. The van der Waals surface area contributed by atoms with Gasteiger partial charge in [-0.05, 0) is 32.9 Å². The van der Waals surface area contributed by atoms with E-state index in [9.17, 15) is 9.18 Å². The maximum Gasteiger partial charge on any atom is 0.257 e. The zero-order valence-corrected chi connectivity index (χ0v) is 13.5. The van der Waals surface area contributed by atoms with Crippen LogP contribution in [0.1, 0.15) is 31.1 Å². The fraction of sp³-hybridized carbons (Fsp3) is 0.412. The number of hydrogen-bond acceptors (Lipinski definition) is 3. The number of rotatable bonds is 2. The van der Waals surface area contributed by atoms with Crippen LogP contribution in [0, 0.1) is 5.82 Å². The Morgan fingerprint density at radius 1 is 1.39 bits per heavy atom. The lowest BCUT2D eigenvalue weighted by Crippen LogP contribution is -2.53. The molecule has 3 rings (SSSR count). The second-order valence-corrected chi connectivity index (χ2v) is 6.50. The average molecular weight is 317 g/mol. The molecule has 5 nitrogen and oxygen atoms in total. The molecule has 23 heavy (non-hydrogen) atoms. The van der Waals surface area contributed by atoms with E-state index in [0.717, 1.165) is 0 Å². The summed E-state index contributed by atoms with van der Waals surface area (Å²) in [5.74, 6) is -0.494. The van der Waals surface area contributed by atoms with Crippen LogP contribution in [-0.4, -0.2) is 45.4 Å². The van der Waals surface area contributed by atoms with Crippen molar-refractivity contribution in [1.29, 1.82) is 0 Å². The maximum atomic E-state index is 13.8. The van der Waals surface area contributed by atoms with Crippen molar-refractivity contribution in [3.8, 4) is 5.69 Å². The zero-order valence-electron chi connectivity index (χ0n) is 13.5. The summed E-state index contributed by atoms with van der Waals surface area (Å²) >= 11 is 0. The Morgan fingerprint density at radius 3 is 2.83 bits per heavy atom. The molecule has 0 spiro atoms. The Balaban J connectivity index is 1.83. The van der Waals surface area contributed by atoms with E-state index in [-0.39, 0.29) is 23.4 Å². The maximum absolute atomic E-state index is 13.8. The molecule has 0 radical (unpaired) electrons. The SMILES string of the molecule is C[C@H]1CN(C(=O)c2cnn(-c3ccccc3F)c2)CC(C)(C)O1. The number of aromatic nitrogens is 2. The van der Waals surface area contributed by atoms with Crippen LogP contribution in [0.25, 0.3) is 5.69 Å². The predicted molar refractivity (Wildman–Crippen MR) is 84.1 cm³/mol. The molecule has 6 heteroatoms. The first-order valence-electron chi connectivity index (χ1n) is 7.62. The third-order valence-electron chi connectivity index (χ3n) is 3.79. The summed E-state index contributed by atoms with van der Waals surface area (Å²) in [5.41, 5.74) is 0.384. The molecule has 0 aliphatic carbocycles. The summed E-state index contributed by atoms with van der Waals surface area (Å²) in [7, 11) is 0. The van der Waals surface area contributed by atoms with Gasteiger partial charge in [0, 0.05) is 19.3 Å². The molecule has 122 valence electrons. The third kappa shape index (κ3) is 3.27. The minimum Gasteiger partial charge on any atom is -0.369 e. The molecule has 1 amide bonds. The molecule has 2 aromatic rings. The topological polar surface area (TPSA) is 47.4 Å². The summed E-state index contributed by atoms with van der Waals surface area (Å²) in [6.45, 7) is 6.93. The van der Waals surface area contributed by atoms with Gasteiger partial charge in [0.05, 0.1) is 23.5 Å². The van der Waals surface area contributed by atoms with Gasteiger partial charge in [0.15, 0.2) is 0 Å². The fourth-order valence-corrected chi connectivity index (χ4v) is 2.99. The number of nitrogens with zero attached hydrogens (tertiary/aromatic N) is 3. The van der Waals surface area contributed by atoms with Gasteiger partial charge in [-0.25, -0.2) is 9.07 Å². The highest BCUT2D eigenvalue weighted by Gasteiger charge is 2.34. The quantitative estimate of drug-likeness (QED) is 0.855. The van der Waals surface area contributed by atoms with Crippen LogP contribution < -0.4 is 0 Å². The van der Waals surface area contributed by atoms with Crippen LogP contribution in [0.5, 0.6) is 0 Å². The van der Waals surface area contributed by atoms with Crippen molar-refractivity contribution < 1.29 is 13.9 Å². The smallest absolute Gasteiger partial charge is 0.257 e. The number of benzene rings is 1. The average Bonchev–Trinajstić information content (AvgIpc) is 2.94. The highest BCUT2D eigenvalue weighted by molar-refractivity contribution is 5.94. The van der Waals surface area contributed by atoms with Gasteiger partial charge in [0.2, 0.25) is 0 Å². The van der Waals surface area contributed by atoms with E-state index in [2.05, 4.69) is 5.10 Å². The molecule has 0 saturated carbocycles. The number of carbonyl (C=O) groups excluding carboxylic acids is 1. The molecule has 0 N–H and O–H groups in total. The minimum atomic E-state index is -0.380. The van der Waals surface area contributed by atoms with Gasteiger partial charge in [0.25, 0.3) is 5.91 Å². The molecular formula is C17H20FN3O2. The van der Waals surface area contributed by atoms with Crippen molar-refractivity contribution in [2.24, 2.45) is 0 Å². The molecule has 1 aliphatic rings. The number of carbonyl (C=O) groups is 1. The standard InChI is InChI=1S/C17H20FN3O2/c1-12-9-20(11-17(2,3)23-12)16(22)13-8-19-21(10-13)15-7-5-4-6-14(15)18/h4-8,10,12H,9,11H2,1-3H3/t12-/m0/s1. The van der Waals surface area contributed by atoms with Gasteiger partial charge < -0.3 is 9.64 Å². The molecule has 1 aliphatic heterocycles. The molecule has 0 unspecified atom stereocenters. The van der Waals surface area contributed by atoms with E-state index < -0.39 is 0 Å². The summed E-state index contributed by atoms with van der Waals surface area (Å²) in [6, 6.07) is 6.33. The molecule has 1 aromatic heterocycles. The van der Waals surface area contributed by atoms with Gasteiger partial charge in [-0.1, -0.05) is 12.1 Å². The first-order valence-corrected chi connectivity index (χ1v) is 7.62. The van der Waals surface area contributed by atoms with Gasteiger partial charge in [-0.2, -0.15) is 5.10 Å². The monoisotopic (exact) mass is 317 g/mol. The summed E-state index contributed by atoms with van der Waals surface area (Å²) in [5, 5.41) is 4.12. The molecule has 0 bridgehead atoms. The highest BCUT2D eigenvalue weighted by atomic mass is 19.1. The lowest BCUT2D eigenvalue weighted by molar-refractivity contribution is -0.118. The largest absolute Gasteiger partial charge is 0.369 e. The van der Waals surface area contributed by atoms with Gasteiger partial charge in [0.1, 0.15) is 11.5 Å². The van der Waals surface area contributed by atoms with E-state index in [1.807, 2.05) is 20.8 Å². The second-order valence-electron chi connectivity index (χ2n) is 6.50. The van der Waals surface area contributed by atoms with Crippen molar-refractivity contribution in [3.05, 3.63) is 48.0 Å². The van der Waals surface area contributed by atoms with Crippen molar-refractivity contribution in [2.75, 3.05) is 13.1 Å². The van der Waals surface area contributed by atoms with Crippen LogP contribution >= 0.6 is 0 Å². The number of halogens is 1. The number of ether oxygens (including phenoxy) is 1. The lowest BCUT2D eigenvalue weighted by Gasteiger charge is -2.41. The molecule has 1 fully saturated rings. The summed E-state index contributed by atoms with van der Waals surface area (Å²) in [4.78, 5) is 14.4. The predicted octanol–water partition coefficient (Wildman–Crippen LogP) is 2.65. The van der Waals surface area contributed by atoms with Crippen LogP contribution in [0.4, 0.5) is 4.39 Å². The number of para-hydroxylation sites is 1. The van der Waals surface area contributed by atoms with E-state index in [1.165, 1.54) is 16.9 Å². The van der Waals surface area contributed by atoms with E-state index in [1.54, 1.807) is 29.3 Å². The molecule has 1 atom stereocenters. The molecule has 1 saturated heterocycles. The second kappa shape index (κ2) is 5.77. The Bertz CT molecular complexity index is 726. The van der Waals surface area contributed by atoms with Crippen LogP contribution in [-0.2, 0) is 4.74 Å². The number of amides is 1. The minimum absolute atomic E-state index is 0.0238. The third-order valence-corrected chi connectivity index (χ3v) is 3.79. The fourth-order valence-electron chi connectivity index (χ4n) is 2.99. The number of morpholine rings is 1. The van der Waals surface area contributed by atoms with Crippen LogP contribution in [0.3, 0.4) is 0 Å². The molecule has 2 heterocycles. The van der Waals surface area contributed by atoms with E-state index >= 15 is 0 Å². The summed E-state index contributed by atoms with van der Waals surface area (Å²) in [6.07, 6.45) is 3.01. The van der Waals surface area contributed by atoms with Gasteiger partial charge >= 0.3 is 0 Å². The lowest BCUT2D eigenvalue weighted by atomic mass is 10.0. The van der Waals surface area contributed by atoms with Gasteiger partial charge in [-0.15, -0.1) is 0 Å². The van der Waals surface area contributed by atoms with Crippen LogP contribution in [0.2, 0.25) is 0 Å². The van der Waals surface area contributed by atoms with Gasteiger partial charge in [-0.3, -0.25) is 4.79 Å². The van der Waals surface area contributed by atoms with Crippen molar-refractivity contribution in [3.63, 3.8) is 0 Å². The molecule has 1 aromatic carbocycles. The zero-order chi connectivity index (χ0) is 16.6. The normalized spacial score (nSPS) is 20.5. The summed E-state index contributed by atoms with van der Waals surface area (Å²) < 4.78 is 21.0. The van der Waals surface area contributed by atoms with E-state index in [4.69, 9.17) is 4.74 Å². The van der Waals surface area contributed by atoms with Crippen molar-refractivity contribution in [1.82, 2.24) is 14.7 Å². The Hall–Kier alpha value is -2.21. The van der Waals surface area contributed by atoms with Crippen LogP contribution in [0.15, 0.2) is 36.7 Å². The van der Waals surface area contributed by atoms with Crippen molar-refractivity contribution in [2.45, 2.75) is 32.5 Å². The van der Waals surface area contributed by atoms with E-state index in [0.29, 0.717) is 24.3 Å². The Kier molecular flexibility index (Phi) is 3.93. The first kappa shape index (κ1) is 15.7. The molecular weight excluding hydrogens is 297 g/mol. The number of hydrogen-bond donors (Lipinski definition) is 0. The Labute approximate surface area is 134 Å². The van der Waals surface area contributed by atoms with Crippen molar-refractivity contribution >= 4 is 5.91 Å².